The van der Waals surface area contributed by atoms with E-state index in [1.165, 1.54) is 11.8 Å². The third-order valence-corrected chi connectivity index (χ3v) is 4.62. The van der Waals surface area contributed by atoms with E-state index in [1.807, 2.05) is 28.8 Å². The van der Waals surface area contributed by atoms with Crippen molar-refractivity contribution in [2.24, 2.45) is 0 Å². The number of rotatable bonds is 8. The summed E-state index contributed by atoms with van der Waals surface area (Å²) in [5, 5.41) is 12.2. The van der Waals surface area contributed by atoms with Gasteiger partial charge in [0.2, 0.25) is 5.91 Å². The van der Waals surface area contributed by atoms with Gasteiger partial charge >= 0.3 is 0 Å². The third-order valence-electron chi connectivity index (χ3n) is 3.65. The van der Waals surface area contributed by atoms with Crippen LogP contribution in [0.2, 0.25) is 0 Å². The first-order valence-corrected chi connectivity index (χ1v) is 8.81. The molecule has 3 rings (SSSR count). The van der Waals surface area contributed by atoms with Crippen molar-refractivity contribution in [3.63, 3.8) is 0 Å². The van der Waals surface area contributed by atoms with Crippen LogP contribution in [0, 0.1) is 0 Å². The number of allylic oxidation sites excluding steroid dienone is 1. The molecule has 0 atom stereocenters. The van der Waals surface area contributed by atoms with Gasteiger partial charge in [0, 0.05) is 12.6 Å². The summed E-state index contributed by atoms with van der Waals surface area (Å²) in [6.07, 6.45) is 3.96. The largest absolute Gasteiger partial charge is 0.496 e. The number of aromatic nitrogens is 3. The molecule has 0 spiro atoms. The lowest BCUT2D eigenvalue weighted by Gasteiger charge is -2.10. The molecule has 126 valence electrons. The number of hydrogen-bond donors (Lipinski definition) is 1. The van der Waals surface area contributed by atoms with Gasteiger partial charge < -0.3 is 10.1 Å². The zero-order chi connectivity index (χ0) is 16.9. The van der Waals surface area contributed by atoms with Crippen LogP contribution in [-0.4, -0.2) is 39.6 Å². The Balaban J connectivity index is 1.81. The molecule has 1 heterocycles. The zero-order valence-corrected chi connectivity index (χ0v) is 14.4. The Bertz CT molecular complexity index is 740. The molecule has 1 amide bonds. The number of hydrogen-bond acceptors (Lipinski definition) is 5. The van der Waals surface area contributed by atoms with Crippen LogP contribution in [0.4, 0.5) is 0 Å². The number of thioether (sulfide) groups is 1. The van der Waals surface area contributed by atoms with E-state index >= 15 is 0 Å². The van der Waals surface area contributed by atoms with Gasteiger partial charge in [0.15, 0.2) is 11.0 Å². The molecule has 1 aromatic heterocycles. The topological polar surface area (TPSA) is 69.0 Å². The summed E-state index contributed by atoms with van der Waals surface area (Å²) in [7, 11) is 1.63. The van der Waals surface area contributed by atoms with Crippen molar-refractivity contribution in [1.82, 2.24) is 20.1 Å². The fourth-order valence-corrected chi connectivity index (χ4v) is 3.10. The van der Waals surface area contributed by atoms with Crippen LogP contribution in [0.3, 0.4) is 0 Å². The summed E-state index contributed by atoms with van der Waals surface area (Å²) < 4.78 is 7.36. The highest BCUT2D eigenvalue weighted by molar-refractivity contribution is 7.99. The normalized spacial score (nSPS) is 13.5. The van der Waals surface area contributed by atoms with Crippen molar-refractivity contribution < 1.29 is 9.53 Å². The Morgan fingerprint density at radius 3 is 2.96 bits per heavy atom. The second kappa shape index (κ2) is 7.53. The number of carbonyl (C=O) groups is 1. The van der Waals surface area contributed by atoms with Crippen molar-refractivity contribution in [1.29, 1.82) is 0 Å². The number of amides is 1. The molecule has 6 nitrogen and oxygen atoms in total. The van der Waals surface area contributed by atoms with Crippen molar-refractivity contribution in [3.05, 3.63) is 36.9 Å². The first kappa shape index (κ1) is 16.6. The van der Waals surface area contributed by atoms with E-state index in [-0.39, 0.29) is 5.91 Å². The van der Waals surface area contributed by atoms with E-state index in [0.717, 1.165) is 24.2 Å². The summed E-state index contributed by atoms with van der Waals surface area (Å²) in [5.74, 6) is 1.81. The second-order valence-corrected chi connectivity index (χ2v) is 6.48. The quantitative estimate of drug-likeness (QED) is 0.589. The third kappa shape index (κ3) is 3.79. The molecule has 0 saturated heterocycles. The molecular formula is C17H20N4O2S. The summed E-state index contributed by atoms with van der Waals surface area (Å²) in [4.78, 5) is 11.9. The van der Waals surface area contributed by atoms with E-state index in [4.69, 9.17) is 4.74 Å². The van der Waals surface area contributed by atoms with Crippen LogP contribution in [-0.2, 0) is 11.3 Å². The fraction of sp³-hybridized carbons (Fsp3) is 0.353. The fourth-order valence-electron chi connectivity index (χ4n) is 2.34. The van der Waals surface area contributed by atoms with Crippen LogP contribution < -0.4 is 10.1 Å². The van der Waals surface area contributed by atoms with Gasteiger partial charge in [0.25, 0.3) is 0 Å². The molecule has 2 aromatic rings. The second-order valence-electron chi connectivity index (χ2n) is 5.54. The Kier molecular flexibility index (Phi) is 5.20. The van der Waals surface area contributed by atoms with Gasteiger partial charge in [-0.15, -0.1) is 16.8 Å². The Morgan fingerprint density at radius 1 is 1.46 bits per heavy atom. The lowest BCUT2D eigenvalue weighted by Crippen LogP contribution is -2.27. The van der Waals surface area contributed by atoms with Crippen LogP contribution >= 0.6 is 11.8 Å². The maximum atomic E-state index is 11.9. The van der Waals surface area contributed by atoms with Crippen LogP contribution in [0.1, 0.15) is 12.8 Å². The maximum Gasteiger partial charge on any atom is 0.230 e. The summed E-state index contributed by atoms with van der Waals surface area (Å²) in [6, 6.07) is 8.04. The molecule has 24 heavy (non-hydrogen) atoms. The lowest BCUT2D eigenvalue weighted by atomic mass is 10.2. The summed E-state index contributed by atoms with van der Waals surface area (Å²) in [5.41, 5.74) is 0.864. The van der Waals surface area contributed by atoms with Gasteiger partial charge in [0.05, 0.1) is 18.4 Å². The predicted octanol–water partition coefficient (Wildman–Crippen LogP) is 2.51. The molecule has 0 bridgehead atoms. The van der Waals surface area contributed by atoms with Crippen LogP contribution in [0.25, 0.3) is 11.4 Å². The van der Waals surface area contributed by atoms with Gasteiger partial charge in [0.1, 0.15) is 5.75 Å². The molecular weight excluding hydrogens is 324 g/mol. The van der Waals surface area contributed by atoms with E-state index in [2.05, 4.69) is 22.1 Å². The number of nitrogens with zero attached hydrogens (tertiary/aromatic N) is 3. The SMILES string of the molecule is C=CCn1c(SCC(=O)NC2CC2)nnc1-c1ccccc1OC. The highest BCUT2D eigenvalue weighted by Gasteiger charge is 2.24. The van der Waals surface area contributed by atoms with Gasteiger partial charge in [-0.1, -0.05) is 30.0 Å². The minimum absolute atomic E-state index is 0.0366. The van der Waals surface area contributed by atoms with Crippen molar-refractivity contribution in [2.75, 3.05) is 12.9 Å². The van der Waals surface area contributed by atoms with Gasteiger partial charge in [-0.05, 0) is 25.0 Å². The molecule has 1 saturated carbocycles. The molecule has 1 aliphatic rings. The molecule has 1 fully saturated rings. The zero-order valence-electron chi connectivity index (χ0n) is 13.6. The first-order chi connectivity index (χ1) is 11.7. The highest BCUT2D eigenvalue weighted by atomic mass is 32.2. The Labute approximate surface area is 145 Å². The van der Waals surface area contributed by atoms with E-state index in [1.54, 1.807) is 13.2 Å². The number of benzene rings is 1. The van der Waals surface area contributed by atoms with Crippen molar-refractivity contribution >= 4 is 17.7 Å². The minimum Gasteiger partial charge on any atom is -0.496 e. The smallest absolute Gasteiger partial charge is 0.230 e. The van der Waals surface area contributed by atoms with E-state index in [0.29, 0.717) is 29.3 Å². The number of nitrogens with one attached hydrogen (secondary N) is 1. The van der Waals surface area contributed by atoms with Crippen LogP contribution in [0.15, 0.2) is 42.1 Å². The maximum absolute atomic E-state index is 11.9. The molecule has 0 radical (unpaired) electrons. The molecule has 0 aliphatic heterocycles. The molecule has 1 aliphatic carbocycles. The predicted molar refractivity (Wildman–Crippen MR) is 94.1 cm³/mol. The van der Waals surface area contributed by atoms with Gasteiger partial charge in [-0.3, -0.25) is 9.36 Å². The number of carbonyl (C=O) groups excluding carboxylic acids is 1. The van der Waals surface area contributed by atoms with Crippen molar-refractivity contribution in [2.45, 2.75) is 30.6 Å². The number of para-hydroxylation sites is 1. The summed E-state index contributed by atoms with van der Waals surface area (Å²) in [6.45, 7) is 4.36. The standard InChI is InChI=1S/C17H20N4O2S/c1-3-10-21-16(13-6-4-5-7-14(13)23-2)19-20-17(21)24-11-15(22)18-12-8-9-12/h3-7,12H,1,8-11H2,2H3,(H,18,22). The highest BCUT2D eigenvalue weighted by Crippen LogP contribution is 2.31. The Hall–Kier alpha value is -2.28. The van der Waals surface area contributed by atoms with Crippen molar-refractivity contribution in [3.8, 4) is 17.1 Å². The van der Waals surface area contributed by atoms with E-state index in [9.17, 15) is 4.79 Å². The first-order valence-electron chi connectivity index (χ1n) is 7.82. The monoisotopic (exact) mass is 344 g/mol. The number of methoxy groups -OCH3 is 1. The summed E-state index contributed by atoms with van der Waals surface area (Å²) >= 11 is 1.38. The number of ether oxygens (including phenoxy) is 1. The molecule has 0 unspecified atom stereocenters. The van der Waals surface area contributed by atoms with Gasteiger partial charge in [-0.25, -0.2) is 0 Å². The minimum atomic E-state index is 0.0366. The molecule has 7 heteroatoms. The van der Waals surface area contributed by atoms with E-state index < -0.39 is 0 Å². The van der Waals surface area contributed by atoms with Crippen LogP contribution in [0.5, 0.6) is 5.75 Å². The molecule has 1 N–H and O–H groups in total. The average molecular weight is 344 g/mol. The lowest BCUT2D eigenvalue weighted by molar-refractivity contribution is -0.118. The average Bonchev–Trinajstić information content (AvgIpc) is 3.32. The Morgan fingerprint density at radius 2 is 2.25 bits per heavy atom. The molecule has 1 aromatic carbocycles. The van der Waals surface area contributed by atoms with Gasteiger partial charge in [-0.2, -0.15) is 0 Å².